The number of nitrogens with zero attached hydrogens (tertiary/aromatic N) is 1. The molecule has 7 heteroatoms. The molecule has 26 heavy (non-hydrogen) atoms. The molecule has 1 saturated carbocycles. The Labute approximate surface area is 151 Å². The number of amides is 3. The first-order valence-corrected chi connectivity index (χ1v) is 8.87. The van der Waals surface area contributed by atoms with Gasteiger partial charge in [0.1, 0.15) is 6.54 Å². The molecule has 2 atom stereocenters. The molecular formula is C19H22N2O5. The maximum Gasteiger partial charge on any atom is 0.326 e. The van der Waals surface area contributed by atoms with Crippen molar-refractivity contribution < 1.29 is 23.9 Å². The standard InChI is InChI=1S/C19H22N2O5/c22-16(20-10-13-6-2-1-3-7-13)12-26-17(23)11-21-18(24)14-8-4-5-9-15(14)19(21)25/h1-3,6-7,14-15H,4-5,8-12H2,(H,20,22)/t14-,15-/m1/s1. The first-order valence-electron chi connectivity index (χ1n) is 8.87. The Morgan fingerprint density at radius 1 is 1.04 bits per heavy atom. The van der Waals surface area contributed by atoms with Gasteiger partial charge in [0.25, 0.3) is 5.91 Å². The number of rotatable bonds is 6. The molecule has 3 amide bonds. The topological polar surface area (TPSA) is 92.8 Å². The van der Waals surface area contributed by atoms with Crippen molar-refractivity contribution in [3.8, 4) is 0 Å². The van der Waals surface area contributed by atoms with Gasteiger partial charge in [-0.15, -0.1) is 0 Å². The molecule has 2 aliphatic rings. The summed E-state index contributed by atoms with van der Waals surface area (Å²) in [5.74, 6) is -2.35. The van der Waals surface area contributed by atoms with Crippen LogP contribution in [0.25, 0.3) is 0 Å². The van der Waals surface area contributed by atoms with Crippen molar-refractivity contribution in [2.75, 3.05) is 13.2 Å². The van der Waals surface area contributed by atoms with Crippen molar-refractivity contribution in [3.05, 3.63) is 35.9 Å². The maximum absolute atomic E-state index is 12.3. The van der Waals surface area contributed by atoms with E-state index in [0.29, 0.717) is 19.4 Å². The minimum atomic E-state index is -0.750. The van der Waals surface area contributed by atoms with Crippen molar-refractivity contribution in [2.24, 2.45) is 11.8 Å². The van der Waals surface area contributed by atoms with Gasteiger partial charge < -0.3 is 10.1 Å². The zero-order chi connectivity index (χ0) is 18.5. The lowest BCUT2D eigenvalue weighted by molar-refractivity contribution is -0.154. The zero-order valence-electron chi connectivity index (χ0n) is 14.5. The lowest BCUT2D eigenvalue weighted by Crippen LogP contribution is -2.38. The number of ether oxygens (including phenoxy) is 1. The van der Waals surface area contributed by atoms with Crippen molar-refractivity contribution in [1.82, 2.24) is 10.2 Å². The van der Waals surface area contributed by atoms with Crippen LogP contribution in [0, 0.1) is 11.8 Å². The number of hydrogen-bond donors (Lipinski definition) is 1. The third-order valence-electron chi connectivity index (χ3n) is 4.92. The van der Waals surface area contributed by atoms with Crippen molar-refractivity contribution in [1.29, 1.82) is 0 Å². The Balaban J connectivity index is 1.43. The van der Waals surface area contributed by atoms with E-state index in [4.69, 9.17) is 4.74 Å². The summed E-state index contributed by atoms with van der Waals surface area (Å²) < 4.78 is 4.91. The Kier molecular flexibility index (Phi) is 5.65. The monoisotopic (exact) mass is 358 g/mol. The molecule has 1 aromatic rings. The van der Waals surface area contributed by atoms with Gasteiger partial charge in [-0.05, 0) is 18.4 Å². The maximum atomic E-state index is 12.3. The van der Waals surface area contributed by atoms with Crippen LogP contribution in [0.4, 0.5) is 0 Å². The minimum absolute atomic E-state index is 0.287. The van der Waals surface area contributed by atoms with E-state index < -0.39 is 25.0 Å². The van der Waals surface area contributed by atoms with Gasteiger partial charge in [0.15, 0.2) is 6.61 Å². The second kappa shape index (κ2) is 8.12. The molecule has 0 radical (unpaired) electrons. The van der Waals surface area contributed by atoms with E-state index in [1.54, 1.807) is 0 Å². The predicted octanol–water partition coefficient (Wildman–Crippen LogP) is 1.02. The predicted molar refractivity (Wildman–Crippen MR) is 91.4 cm³/mol. The zero-order valence-corrected chi connectivity index (χ0v) is 14.5. The van der Waals surface area contributed by atoms with Crippen LogP contribution in [-0.2, 0) is 30.5 Å². The quantitative estimate of drug-likeness (QED) is 0.605. The van der Waals surface area contributed by atoms with E-state index in [1.165, 1.54) is 0 Å². The van der Waals surface area contributed by atoms with Crippen LogP contribution in [0.1, 0.15) is 31.2 Å². The molecule has 1 aliphatic heterocycles. The highest BCUT2D eigenvalue weighted by molar-refractivity contribution is 6.07. The summed E-state index contributed by atoms with van der Waals surface area (Å²) in [7, 11) is 0. The second-order valence-corrected chi connectivity index (χ2v) is 6.68. The van der Waals surface area contributed by atoms with Crippen LogP contribution >= 0.6 is 0 Å². The highest BCUT2D eigenvalue weighted by Gasteiger charge is 2.48. The number of benzene rings is 1. The molecule has 0 unspecified atom stereocenters. The molecule has 3 rings (SSSR count). The fourth-order valence-electron chi connectivity index (χ4n) is 3.56. The molecule has 0 bridgehead atoms. The number of likely N-dealkylation sites (tertiary alicyclic amines) is 1. The van der Waals surface area contributed by atoms with Gasteiger partial charge in [-0.3, -0.25) is 24.1 Å². The molecule has 1 aliphatic carbocycles. The van der Waals surface area contributed by atoms with Crippen LogP contribution < -0.4 is 5.32 Å². The van der Waals surface area contributed by atoms with Crippen LogP contribution in [0.15, 0.2) is 30.3 Å². The molecule has 0 aromatic heterocycles. The Bertz CT molecular complexity index is 679. The summed E-state index contributed by atoms with van der Waals surface area (Å²) in [5.41, 5.74) is 0.933. The fraction of sp³-hybridized carbons (Fsp3) is 0.474. The molecular weight excluding hydrogens is 336 g/mol. The van der Waals surface area contributed by atoms with Crippen LogP contribution in [0.5, 0.6) is 0 Å². The lowest BCUT2D eigenvalue weighted by Gasteiger charge is -2.19. The van der Waals surface area contributed by atoms with Gasteiger partial charge in [-0.25, -0.2) is 0 Å². The fourth-order valence-corrected chi connectivity index (χ4v) is 3.56. The number of imide groups is 1. The normalized spacial score (nSPS) is 22.1. The van der Waals surface area contributed by atoms with Crippen LogP contribution in [-0.4, -0.2) is 41.7 Å². The molecule has 1 saturated heterocycles. The Morgan fingerprint density at radius 3 is 2.27 bits per heavy atom. The van der Waals surface area contributed by atoms with E-state index in [0.717, 1.165) is 23.3 Å². The van der Waals surface area contributed by atoms with E-state index in [2.05, 4.69) is 5.32 Å². The van der Waals surface area contributed by atoms with Crippen LogP contribution in [0.2, 0.25) is 0 Å². The largest absolute Gasteiger partial charge is 0.454 e. The Hall–Kier alpha value is -2.70. The SMILES string of the molecule is O=C(COC(=O)CN1C(=O)[C@@H]2CCCC[C@H]2C1=O)NCc1ccccc1. The van der Waals surface area contributed by atoms with E-state index in [9.17, 15) is 19.2 Å². The van der Waals surface area contributed by atoms with E-state index in [-0.39, 0.29) is 23.7 Å². The highest BCUT2D eigenvalue weighted by Crippen LogP contribution is 2.37. The third-order valence-corrected chi connectivity index (χ3v) is 4.92. The minimum Gasteiger partial charge on any atom is -0.454 e. The molecule has 1 aromatic carbocycles. The number of fused-ring (bicyclic) bond motifs is 1. The smallest absolute Gasteiger partial charge is 0.326 e. The van der Waals surface area contributed by atoms with Crippen molar-refractivity contribution in [3.63, 3.8) is 0 Å². The summed E-state index contributed by atoms with van der Waals surface area (Å²) in [4.78, 5) is 49.3. The molecule has 1 N–H and O–H groups in total. The Morgan fingerprint density at radius 2 is 1.65 bits per heavy atom. The van der Waals surface area contributed by atoms with Gasteiger partial charge in [-0.2, -0.15) is 0 Å². The van der Waals surface area contributed by atoms with Gasteiger partial charge in [0, 0.05) is 6.54 Å². The van der Waals surface area contributed by atoms with E-state index >= 15 is 0 Å². The summed E-state index contributed by atoms with van der Waals surface area (Å²) in [6, 6.07) is 9.35. The lowest BCUT2D eigenvalue weighted by atomic mass is 9.81. The molecule has 7 nitrogen and oxygen atoms in total. The van der Waals surface area contributed by atoms with Crippen molar-refractivity contribution in [2.45, 2.75) is 32.2 Å². The van der Waals surface area contributed by atoms with Gasteiger partial charge >= 0.3 is 5.97 Å². The number of nitrogens with one attached hydrogen (secondary N) is 1. The molecule has 1 heterocycles. The van der Waals surface area contributed by atoms with Gasteiger partial charge in [0.05, 0.1) is 11.8 Å². The molecule has 0 spiro atoms. The molecule has 2 fully saturated rings. The first kappa shape index (κ1) is 18.1. The van der Waals surface area contributed by atoms with Crippen LogP contribution in [0.3, 0.4) is 0 Å². The third kappa shape index (κ3) is 4.09. The highest BCUT2D eigenvalue weighted by atomic mass is 16.5. The van der Waals surface area contributed by atoms with Gasteiger partial charge in [0.2, 0.25) is 11.8 Å². The van der Waals surface area contributed by atoms with Crippen molar-refractivity contribution >= 4 is 23.7 Å². The number of carbonyl (C=O) groups excluding carboxylic acids is 4. The summed E-state index contributed by atoms with van der Waals surface area (Å²) in [5, 5.41) is 2.64. The average Bonchev–Trinajstić information content (AvgIpc) is 2.91. The first-order chi connectivity index (χ1) is 12.6. The second-order valence-electron chi connectivity index (χ2n) is 6.68. The number of carbonyl (C=O) groups is 4. The summed E-state index contributed by atoms with van der Waals surface area (Å²) >= 11 is 0. The number of hydrogen-bond acceptors (Lipinski definition) is 5. The summed E-state index contributed by atoms with van der Waals surface area (Å²) in [6.45, 7) is -0.519. The molecule has 138 valence electrons. The summed E-state index contributed by atoms with van der Waals surface area (Å²) in [6.07, 6.45) is 3.26. The average molecular weight is 358 g/mol. The van der Waals surface area contributed by atoms with Gasteiger partial charge in [-0.1, -0.05) is 43.2 Å². The number of esters is 1. The van der Waals surface area contributed by atoms with E-state index in [1.807, 2.05) is 30.3 Å².